The number of nitrogens with one attached hydrogen (secondary N) is 1. The van der Waals surface area contributed by atoms with E-state index in [1.165, 1.54) is 0 Å². The maximum Gasteiger partial charge on any atom is 0.0895 e. The lowest BCUT2D eigenvalue weighted by atomic mass is 10.1. The molecule has 0 aromatic heterocycles. The third kappa shape index (κ3) is 2.75. The number of rotatable bonds is 4. The van der Waals surface area contributed by atoms with Gasteiger partial charge < -0.3 is 20.4 Å². The molecule has 0 radical (unpaired) electrons. The molecular formula is C7H16N2O2. The van der Waals surface area contributed by atoms with Gasteiger partial charge in [0.15, 0.2) is 0 Å². The second kappa shape index (κ2) is 4.01. The Kier molecular flexibility index (Phi) is 3.26. The quantitative estimate of drug-likeness (QED) is 0.456. The Morgan fingerprint density at radius 1 is 1.64 bits per heavy atom. The Bertz CT molecular complexity index is 115. The summed E-state index contributed by atoms with van der Waals surface area (Å²) in [6.45, 7) is 2.42. The van der Waals surface area contributed by atoms with Gasteiger partial charge in [-0.25, -0.2) is 0 Å². The van der Waals surface area contributed by atoms with Crippen molar-refractivity contribution in [1.29, 1.82) is 0 Å². The van der Waals surface area contributed by atoms with E-state index in [-0.39, 0.29) is 6.61 Å². The van der Waals surface area contributed by atoms with Crippen molar-refractivity contribution in [3.63, 3.8) is 0 Å². The van der Waals surface area contributed by atoms with Crippen LogP contribution in [-0.4, -0.2) is 60.5 Å². The normalized spacial score (nSPS) is 23.2. The molecule has 0 amide bonds. The van der Waals surface area contributed by atoms with Gasteiger partial charge in [0.1, 0.15) is 0 Å². The minimum atomic E-state index is -0.610. The molecule has 66 valence electrons. The van der Waals surface area contributed by atoms with Crippen molar-refractivity contribution in [2.75, 3.05) is 33.3 Å². The van der Waals surface area contributed by atoms with Crippen LogP contribution in [0, 0.1) is 0 Å². The number of hydrogen-bond donors (Lipinski definition) is 3. The van der Waals surface area contributed by atoms with Crippen LogP contribution in [0.2, 0.25) is 0 Å². The van der Waals surface area contributed by atoms with Crippen molar-refractivity contribution in [1.82, 2.24) is 10.2 Å². The van der Waals surface area contributed by atoms with Crippen molar-refractivity contribution in [3.8, 4) is 0 Å². The highest BCUT2D eigenvalue weighted by atomic mass is 16.3. The summed E-state index contributed by atoms with van der Waals surface area (Å²) < 4.78 is 0. The Hall–Kier alpha value is -0.160. The maximum atomic E-state index is 8.97. The minimum absolute atomic E-state index is 0.157. The van der Waals surface area contributed by atoms with Gasteiger partial charge in [0.05, 0.1) is 12.7 Å². The van der Waals surface area contributed by atoms with Gasteiger partial charge in [0.25, 0.3) is 0 Å². The van der Waals surface area contributed by atoms with Gasteiger partial charge in [-0.15, -0.1) is 0 Å². The van der Waals surface area contributed by atoms with Crippen LogP contribution in [0.15, 0.2) is 0 Å². The maximum absolute atomic E-state index is 8.97. The highest BCUT2D eigenvalue weighted by molar-refractivity contribution is 4.83. The molecule has 3 N–H and O–H groups in total. The average molecular weight is 160 g/mol. The average Bonchev–Trinajstić information content (AvgIpc) is 1.95. The molecule has 0 aromatic carbocycles. The highest BCUT2D eigenvalue weighted by Crippen LogP contribution is 2.02. The van der Waals surface area contributed by atoms with Gasteiger partial charge in [-0.05, 0) is 7.05 Å². The molecule has 1 aliphatic rings. The van der Waals surface area contributed by atoms with Crippen LogP contribution in [0.5, 0.6) is 0 Å². The first-order valence-electron chi connectivity index (χ1n) is 3.93. The SMILES string of the molecule is CN1CC(NC[C@H](O)CO)C1. The third-order valence-electron chi connectivity index (χ3n) is 1.92. The van der Waals surface area contributed by atoms with E-state index in [1.807, 2.05) is 0 Å². The Morgan fingerprint density at radius 2 is 2.27 bits per heavy atom. The molecule has 0 saturated carbocycles. The number of nitrogens with zero attached hydrogens (tertiary/aromatic N) is 1. The first kappa shape index (κ1) is 8.93. The zero-order chi connectivity index (χ0) is 8.27. The molecule has 4 nitrogen and oxygen atoms in total. The van der Waals surface area contributed by atoms with Crippen molar-refractivity contribution in [3.05, 3.63) is 0 Å². The largest absolute Gasteiger partial charge is 0.394 e. The van der Waals surface area contributed by atoms with Gasteiger partial charge in [-0.2, -0.15) is 0 Å². The molecule has 1 rings (SSSR count). The first-order chi connectivity index (χ1) is 5.22. The summed E-state index contributed by atoms with van der Waals surface area (Å²) in [7, 11) is 2.06. The predicted octanol–water partition coefficient (Wildman–Crippen LogP) is -1.76. The lowest BCUT2D eigenvalue weighted by Gasteiger charge is -2.37. The van der Waals surface area contributed by atoms with Crippen molar-refractivity contribution < 1.29 is 10.2 Å². The van der Waals surface area contributed by atoms with Crippen LogP contribution in [0.4, 0.5) is 0 Å². The van der Waals surface area contributed by atoms with Crippen molar-refractivity contribution >= 4 is 0 Å². The molecular weight excluding hydrogens is 144 g/mol. The first-order valence-corrected chi connectivity index (χ1v) is 3.93. The van der Waals surface area contributed by atoms with Crippen LogP contribution in [0.3, 0.4) is 0 Å². The number of likely N-dealkylation sites (N-methyl/N-ethyl adjacent to an activating group) is 1. The summed E-state index contributed by atoms with van der Waals surface area (Å²) in [5.74, 6) is 0. The fourth-order valence-corrected chi connectivity index (χ4v) is 1.20. The molecule has 1 fully saturated rings. The van der Waals surface area contributed by atoms with Crippen LogP contribution in [-0.2, 0) is 0 Å². The molecule has 1 heterocycles. The topological polar surface area (TPSA) is 55.7 Å². The van der Waals surface area contributed by atoms with Crippen molar-refractivity contribution in [2.45, 2.75) is 12.1 Å². The van der Waals surface area contributed by atoms with Gasteiger partial charge in [-0.3, -0.25) is 0 Å². The van der Waals surface area contributed by atoms with Crippen LogP contribution in [0.1, 0.15) is 0 Å². The second-order valence-corrected chi connectivity index (χ2v) is 3.16. The van der Waals surface area contributed by atoms with E-state index in [2.05, 4.69) is 17.3 Å². The van der Waals surface area contributed by atoms with Crippen molar-refractivity contribution in [2.24, 2.45) is 0 Å². The standard InChI is InChI=1S/C7H16N2O2/c1-9-3-6(4-9)8-2-7(11)5-10/h6-8,10-11H,2-5H2,1H3/t7-/m0/s1. The van der Waals surface area contributed by atoms with E-state index in [0.29, 0.717) is 12.6 Å². The number of aliphatic hydroxyl groups excluding tert-OH is 2. The summed E-state index contributed by atoms with van der Waals surface area (Å²) >= 11 is 0. The van der Waals surface area contributed by atoms with Gasteiger partial charge in [0, 0.05) is 25.7 Å². The molecule has 0 unspecified atom stereocenters. The highest BCUT2D eigenvalue weighted by Gasteiger charge is 2.22. The van der Waals surface area contributed by atoms with Gasteiger partial charge in [-0.1, -0.05) is 0 Å². The molecule has 0 aliphatic carbocycles. The Balaban J connectivity index is 1.96. The number of likely N-dealkylation sites (tertiary alicyclic amines) is 1. The van der Waals surface area contributed by atoms with Gasteiger partial charge in [0.2, 0.25) is 0 Å². The molecule has 0 aromatic rings. The van der Waals surface area contributed by atoms with E-state index in [9.17, 15) is 0 Å². The lowest BCUT2D eigenvalue weighted by Crippen LogP contribution is -2.57. The number of hydrogen-bond acceptors (Lipinski definition) is 4. The fraction of sp³-hybridized carbons (Fsp3) is 1.00. The fourth-order valence-electron chi connectivity index (χ4n) is 1.20. The molecule has 1 saturated heterocycles. The molecule has 4 heteroatoms. The third-order valence-corrected chi connectivity index (χ3v) is 1.92. The molecule has 11 heavy (non-hydrogen) atoms. The van der Waals surface area contributed by atoms with Gasteiger partial charge >= 0.3 is 0 Å². The zero-order valence-electron chi connectivity index (χ0n) is 6.82. The summed E-state index contributed by atoms with van der Waals surface area (Å²) in [6.07, 6.45) is -0.610. The molecule has 0 bridgehead atoms. The van der Waals surface area contributed by atoms with E-state index in [0.717, 1.165) is 13.1 Å². The summed E-state index contributed by atoms with van der Waals surface area (Å²) in [6, 6.07) is 0.501. The summed E-state index contributed by atoms with van der Waals surface area (Å²) in [5.41, 5.74) is 0. The minimum Gasteiger partial charge on any atom is -0.394 e. The van der Waals surface area contributed by atoms with Crippen LogP contribution in [0.25, 0.3) is 0 Å². The van der Waals surface area contributed by atoms with Crippen LogP contribution >= 0.6 is 0 Å². The molecule has 1 aliphatic heterocycles. The van der Waals surface area contributed by atoms with E-state index in [1.54, 1.807) is 0 Å². The second-order valence-electron chi connectivity index (χ2n) is 3.16. The smallest absolute Gasteiger partial charge is 0.0895 e. The Morgan fingerprint density at radius 3 is 2.73 bits per heavy atom. The monoisotopic (exact) mass is 160 g/mol. The van der Waals surface area contributed by atoms with Crippen LogP contribution < -0.4 is 5.32 Å². The van der Waals surface area contributed by atoms with E-state index >= 15 is 0 Å². The molecule has 0 spiro atoms. The lowest BCUT2D eigenvalue weighted by molar-refractivity contribution is 0.0792. The number of aliphatic hydroxyl groups is 2. The Labute approximate surface area is 66.8 Å². The summed E-state index contributed by atoms with van der Waals surface area (Å²) in [4.78, 5) is 2.20. The predicted molar refractivity (Wildman–Crippen MR) is 42.4 cm³/mol. The molecule has 1 atom stereocenters. The summed E-state index contributed by atoms with van der Waals surface area (Å²) in [5, 5.41) is 20.6. The van der Waals surface area contributed by atoms with E-state index < -0.39 is 6.10 Å². The zero-order valence-corrected chi connectivity index (χ0v) is 6.82. The van der Waals surface area contributed by atoms with E-state index in [4.69, 9.17) is 10.2 Å².